The lowest BCUT2D eigenvalue weighted by molar-refractivity contribution is -0.131. The molecule has 64 valence electrons. The second-order valence-corrected chi connectivity index (χ2v) is 2.78. The molecule has 0 saturated carbocycles. The summed E-state index contributed by atoms with van der Waals surface area (Å²) in [6, 6.07) is 0. The van der Waals surface area contributed by atoms with Crippen LogP contribution in [0.15, 0.2) is 11.8 Å². The molecule has 0 unspecified atom stereocenters. The molecule has 0 aromatic carbocycles. The van der Waals surface area contributed by atoms with Gasteiger partial charge in [-0.1, -0.05) is 20.3 Å². The van der Waals surface area contributed by atoms with Crippen molar-refractivity contribution in [1.82, 2.24) is 0 Å². The third-order valence-electron chi connectivity index (χ3n) is 1.59. The molecule has 0 bridgehead atoms. The molecule has 3 heteroatoms. The van der Waals surface area contributed by atoms with Crippen LogP contribution in [0.4, 0.5) is 0 Å². The second-order valence-electron chi connectivity index (χ2n) is 2.78. The van der Waals surface area contributed by atoms with E-state index in [9.17, 15) is 4.79 Å². The maximum absolute atomic E-state index is 10.1. The number of hydrogen-bond acceptors (Lipinski definition) is 2. The molecule has 0 aromatic heterocycles. The molecule has 0 fully saturated rings. The number of aliphatic carboxylic acids is 1. The summed E-state index contributed by atoms with van der Waals surface area (Å²) >= 11 is 0. The van der Waals surface area contributed by atoms with E-state index in [2.05, 4.69) is 6.92 Å². The topological polar surface area (TPSA) is 63.3 Å². The molecule has 0 spiro atoms. The van der Waals surface area contributed by atoms with Gasteiger partial charge in [-0.15, -0.1) is 0 Å². The third kappa shape index (κ3) is 5.45. The van der Waals surface area contributed by atoms with Crippen LogP contribution in [-0.2, 0) is 4.79 Å². The summed E-state index contributed by atoms with van der Waals surface area (Å²) in [5.74, 6) is -0.503. The van der Waals surface area contributed by atoms with Crippen molar-refractivity contribution in [3.8, 4) is 0 Å². The molecule has 0 amide bonds. The van der Waals surface area contributed by atoms with Gasteiger partial charge in [-0.25, -0.2) is 4.79 Å². The summed E-state index contributed by atoms with van der Waals surface area (Å²) in [4.78, 5) is 10.1. The summed E-state index contributed by atoms with van der Waals surface area (Å²) in [5.41, 5.74) is 5.88. The Morgan fingerprint density at radius 1 is 1.73 bits per heavy atom. The molecule has 0 aliphatic rings. The van der Waals surface area contributed by atoms with E-state index in [1.165, 1.54) is 0 Å². The monoisotopic (exact) mass is 157 g/mol. The quantitative estimate of drug-likeness (QED) is 0.605. The zero-order chi connectivity index (χ0) is 8.85. The standard InChI is InChI=1S/C8H15NO2/c1-3-6(2)4-7(9)5-8(10)11/h5-6H,3-4,9H2,1-2H3,(H,10,11)/b7-5-/t6-/m1/s1. The molecule has 0 aliphatic heterocycles. The fourth-order valence-corrected chi connectivity index (χ4v) is 0.764. The number of carboxylic acids is 1. The number of rotatable bonds is 4. The van der Waals surface area contributed by atoms with Crippen molar-refractivity contribution in [2.75, 3.05) is 0 Å². The molecule has 11 heavy (non-hydrogen) atoms. The average molecular weight is 157 g/mol. The Labute approximate surface area is 66.9 Å². The van der Waals surface area contributed by atoms with Gasteiger partial charge < -0.3 is 10.8 Å². The van der Waals surface area contributed by atoms with Gasteiger partial charge in [0, 0.05) is 11.8 Å². The average Bonchev–Trinajstić information content (AvgIpc) is 1.85. The lowest BCUT2D eigenvalue weighted by Crippen LogP contribution is -2.05. The van der Waals surface area contributed by atoms with Crippen molar-refractivity contribution < 1.29 is 9.90 Å². The minimum absolute atomic E-state index is 0.451. The van der Waals surface area contributed by atoms with Gasteiger partial charge in [0.2, 0.25) is 0 Å². The van der Waals surface area contributed by atoms with Crippen LogP contribution in [0.1, 0.15) is 26.7 Å². The summed E-state index contributed by atoms with van der Waals surface area (Å²) in [7, 11) is 0. The highest BCUT2D eigenvalue weighted by atomic mass is 16.4. The van der Waals surface area contributed by atoms with Crippen LogP contribution in [0, 0.1) is 5.92 Å². The third-order valence-corrected chi connectivity index (χ3v) is 1.59. The molecule has 0 aliphatic carbocycles. The van der Waals surface area contributed by atoms with Gasteiger partial charge in [-0.05, 0) is 12.3 Å². The van der Waals surface area contributed by atoms with Gasteiger partial charge in [0.15, 0.2) is 0 Å². The predicted molar refractivity (Wildman–Crippen MR) is 44.0 cm³/mol. The molecule has 3 nitrogen and oxygen atoms in total. The van der Waals surface area contributed by atoms with E-state index in [1.54, 1.807) is 0 Å². The minimum atomic E-state index is -0.967. The Bertz CT molecular complexity index is 163. The largest absolute Gasteiger partial charge is 0.478 e. The zero-order valence-electron chi connectivity index (χ0n) is 7.00. The van der Waals surface area contributed by atoms with Crippen molar-refractivity contribution in [2.45, 2.75) is 26.7 Å². The molecule has 0 heterocycles. The summed E-state index contributed by atoms with van der Waals surface area (Å²) < 4.78 is 0. The fraction of sp³-hybridized carbons (Fsp3) is 0.625. The van der Waals surface area contributed by atoms with Gasteiger partial charge in [0.05, 0.1) is 0 Å². The molecular formula is C8H15NO2. The van der Waals surface area contributed by atoms with E-state index >= 15 is 0 Å². The van der Waals surface area contributed by atoms with Gasteiger partial charge in [-0.2, -0.15) is 0 Å². The maximum Gasteiger partial charge on any atom is 0.330 e. The maximum atomic E-state index is 10.1. The van der Waals surface area contributed by atoms with E-state index in [0.29, 0.717) is 18.0 Å². The number of allylic oxidation sites excluding steroid dienone is 1. The van der Waals surface area contributed by atoms with E-state index in [1.807, 2.05) is 6.92 Å². The Morgan fingerprint density at radius 2 is 2.27 bits per heavy atom. The van der Waals surface area contributed by atoms with Crippen molar-refractivity contribution in [2.24, 2.45) is 11.7 Å². The van der Waals surface area contributed by atoms with E-state index in [4.69, 9.17) is 10.8 Å². The van der Waals surface area contributed by atoms with Crippen LogP contribution >= 0.6 is 0 Å². The summed E-state index contributed by atoms with van der Waals surface area (Å²) in [5, 5.41) is 8.31. The van der Waals surface area contributed by atoms with E-state index in [-0.39, 0.29) is 0 Å². The van der Waals surface area contributed by atoms with Crippen molar-refractivity contribution in [3.63, 3.8) is 0 Å². The van der Waals surface area contributed by atoms with Crippen molar-refractivity contribution in [1.29, 1.82) is 0 Å². The summed E-state index contributed by atoms with van der Waals surface area (Å²) in [6.07, 6.45) is 2.75. The lowest BCUT2D eigenvalue weighted by Gasteiger charge is -2.06. The molecular weight excluding hydrogens is 142 g/mol. The van der Waals surface area contributed by atoms with Crippen molar-refractivity contribution >= 4 is 5.97 Å². The summed E-state index contributed by atoms with van der Waals surface area (Å²) in [6.45, 7) is 4.10. The number of nitrogens with two attached hydrogens (primary N) is 1. The van der Waals surface area contributed by atoms with Gasteiger partial charge in [0.25, 0.3) is 0 Å². The molecule has 0 radical (unpaired) electrons. The Hall–Kier alpha value is -0.990. The van der Waals surface area contributed by atoms with Gasteiger partial charge >= 0.3 is 5.97 Å². The highest BCUT2D eigenvalue weighted by molar-refractivity contribution is 5.80. The molecule has 3 N–H and O–H groups in total. The zero-order valence-corrected chi connectivity index (χ0v) is 7.00. The lowest BCUT2D eigenvalue weighted by atomic mass is 10.0. The van der Waals surface area contributed by atoms with Crippen LogP contribution in [0.3, 0.4) is 0 Å². The Kier molecular flexibility index (Phi) is 4.34. The SMILES string of the molecule is CC[C@@H](C)C/C(N)=C/C(=O)O. The first kappa shape index (κ1) is 10.0. The smallest absolute Gasteiger partial charge is 0.330 e. The fourth-order valence-electron chi connectivity index (χ4n) is 0.764. The van der Waals surface area contributed by atoms with Crippen LogP contribution in [-0.4, -0.2) is 11.1 Å². The first-order valence-corrected chi connectivity index (χ1v) is 3.75. The van der Waals surface area contributed by atoms with E-state index in [0.717, 1.165) is 12.5 Å². The Morgan fingerprint density at radius 3 is 2.64 bits per heavy atom. The molecule has 0 rings (SSSR count). The molecule has 0 saturated heterocycles. The van der Waals surface area contributed by atoms with Gasteiger partial charge in [0.1, 0.15) is 0 Å². The predicted octanol–water partition coefficient (Wildman–Crippen LogP) is 1.35. The van der Waals surface area contributed by atoms with Crippen LogP contribution in [0.25, 0.3) is 0 Å². The van der Waals surface area contributed by atoms with Crippen LogP contribution in [0.2, 0.25) is 0 Å². The number of carboxylic acid groups (broad SMARTS) is 1. The van der Waals surface area contributed by atoms with Crippen LogP contribution < -0.4 is 5.73 Å². The first-order valence-electron chi connectivity index (χ1n) is 3.75. The van der Waals surface area contributed by atoms with Gasteiger partial charge in [-0.3, -0.25) is 0 Å². The Balaban J connectivity index is 3.85. The molecule has 1 atom stereocenters. The highest BCUT2D eigenvalue weighted by Crippen LogP contribution is 2.09. The first-order chi connectivity index (χ1) is 5.06. The molecule has 0 aromatic rings. The number of carbonyl (C=O) groups is 1. The number of hydrogen-bond donors (Lipinski definition) is 2. The second kappa shape index (κ2) is 4.77. The van der Waals surface area contributed by atoms with E-state index < -0.39 is 5.97 Å². The normalized spacial score (nSPS) is 14.5. The highest BCUT2D eigenvalue weighted by Gasteiger charge is 2.01. The van der Waals surface area contributed by atoms with Crippen molar-refractivity contribution in [3.05, 3.63) is 11.8 Å². The minimum Gasteiger partial charge on any atom is -0.478 e. The van der Waals surface area contributed by atoms with Crippen LogP contribution in [0.5, 0.6) is 0 Å².